The van der Waals surface area contributed by atoms with Gasteiger partial charge < -0.3 is 5.32 Å². The first-order valence-corrected chi connectivity index (χ1v) is 12.9. The van der Waals surface area contributed by atoms with Crippen molar-refractivity contribution in [3.63, 3.8) is 0 Å². The summed E-state index contributed by atoms with van der Waals surface area (Å²) in [5, 5.41) is 3.39. The maximum Gasteiger partial charge on any atom is 0.264 e. The molecule has 0 bridgehead atoms. The Morgan fingerprint density at radius 3 is 2.16 bits per heavy atom. The molecule has 1 aliphatic rings. The van der Waals surface area contributed by atoms with E-state index < -0.39 is 10.0 Å². The highest BCUT2D eigenvalue weighted by Gasteiger charge is 2.30. The molecule has 0 radical (unpaired) electrons. The fourth-order valence-electron chi connectivity index (χ4n) is 4.32. The van der Waals surface area contributed by atoms with Crippen LogP contribution in [0.3, 0.4) is 0 Å². The molecule has 32 heavy (non-hydrogen) atoms. The van der Waals surface area contributed by atoms with Crippen molar-refractivity contribution in [1.29, 1.82) is 0 Å². The number of anilines is 1. The topological polar surface area (TPSA) is 49.4 Å². The monoisotopic (exact) mass is 448 g/mol. The molecule has 0 spiro atoms. The van der Waals surface area contributed by atoms with Crippen molar-refractivity contribution < 1.29 is 8.42 Å². The summed E-state index contributed by atoms with van der Waals surface area (Å²) in [6.07, 6.45) is 1.96. The summed E-state index contributed by atoms with van der Waals surface area (Å²) in [6.45, 7) is 6.68. The molecule has 4 rings (SSSR count). The highest BCUT2D eigenvalue weighted by molar-refractivity contribution is 7.92. The third-order valence-electron chi connectivity index (χ3n) is 6.25. The Balaban J connectivity index is 1.87. The molecule has 1 fully saturated rings. The average Bonchev–Trinajstić information content (AvgIpc) is 2.84. The van der Waals surface area contributed by atoms with Crippen LogP contribution in [0.5, 0.6) is 0 Å². The SMILES string of the molecule is CC(C)c1ccc(N(CC2CCNCC2)S(=O)(=O)c2ccccc2)c(-c2ccccc2)c1. The molecule has 1 saturated heterocycles. The van der Waals surface area contributed by atoms with Crippen LogP contribution < -0.4 is 9.62 Å². The molecule has 3 aromatic rings. The number of nitrogens with one attached hydrogen (secondary N) is 1. The zero-order chi connectivity index (χ0) is 22.6. The molecular weight excluding hydrogens is 416 g/mol. The van der Waals surface area contributed by atoms with Gasteiger partial charge in [-0.25, -0.2) is 8.42 Å². The average molecular weight is 449 g/mol. The van der Waals surface area contributed by atoms with Crippen LogP contribution in [0.4, 0.5) is 5.69 Å². The molecule has 0 aliphatic carbocycles. The second-order valence-corrected chi connectivity index (χ2v) is 10.7. The van der Waals surface area contributed by atoms with Gasteiger partial charge in [0.2, 0.25) is 0 Å². The Labute approximate surface area is 192 Å². The van der Waals surface area contributed by atoms with Crippen LogP contribution in [0, 0.1) is 5.92 Å². The Morgan fingerprint density at radius 1 is 0.906 bits per heavy atom. The van der Waals surface area contributed by atoms with Gasteiger partial charge >= 0.3 is 0 Å². The number of benzene rings is 3. The van der Waals surface area contributed by atoms with E-state index in [2.05, 4.69) is 43.4 Å². The molecule has 0 atom stereocenters. The molecular formula is C27H32N2O2S. The van der Waals surface area contributed by atoms with E-state index in [4.69, 9.17) is 0 Å². The molecule has 1 heterocycles. The smallest absolute Gasteiger partial charge is 0.264 e. The Morgan fingerprint density at radius 2 is 1.53 bits per heavy atom. The molecule has 1 N–H and O–H groups in total. The van der Waals surface area contributed by atoms with Crippen molar-refractivity contribution in [2.45, 2.75) is 37.5 Å². The van der Waals surface area contributed by atoms with E-state index in [9.17, 15) is 8.42 Å². The van der Waals surface area contributed by atoms with Crippen LogP contribution in [0.1, 0.15) is 38.2 Å². The summed E-state index contributed by atoms with van der Waals surface area (Å²) >= 11 is 0. The van der Waals surface area contributed by atoms with Gasteiger partial charge in [-0.3, -0.25) is 4.31 Å². The predicted molar refractivity (Wildman–Crippen MR) is 133 cm³/mol. The van der Waals surface area contributed by atoms with Crippen molar-refractivity contribution >= 4 is 15.7 Å². The molecule has 0 aromatic heterocycles. The molecule has 1 aliphatic heterocycles. The predicted octanol–water partition coefficient (Wildman–Crippen LogP) is 5.67. The van der Waals surface area contributed by atoms with E-state index in [1.807, 2.05) is 30.3 Å². The van der Waals surface area contributed by atoms with E-state index >= 15 is 0 Å². The van der Waals surface area contributed by atoms with Crippen LogP contribution in [0.2, 0.25) is 0 Å². The molecule has 0 saturated carbocycles. The van der Waals surface area contributed by atoms with Crippen molar-refractivity contribution in [3.8, 4) is 11.1 Å². The Kier molecular flexibility index (Phi) is 6.97. The zero-order valence-electron chi connectivity index (χ0n) is 18.9. The van der Waals surface area contributed by atoms with E-state index in [1.54, 1.807) is 28.6 Å². The maximum absolute atomic E-state index is 13.9. The first-order valence-electron chi connectivity index (χ1n) is 11.4. The minimum Gasteiger partial charge on any atom is -0.317 e. The van der Waals surface area contributed by atoms with Crippen molar-refractivity contribution in [2.75, 3.05) is 23.9 Å². The molecule has 168 valence electrons. The van der Waals surface area contributed by atoms with E-state index in [1.165, 1.54) is 5.56 Å². The molecule has 0 amide bonds. The Bertz CT molecular complexity index is 1120. The fraction of sp³-hybridized carbons (Fsp3) is 0.333. The minimum atomic E-state index is -3.70. The normalized spacial score (nSPS) is 15.1. The lowest BCUT2D eigenvalue weighted by Gasteiger charge is -2.32. The molecule has 5 heteroatoms. The number of hydrogen-bond donors (Lipinski definition) is 1. The van der Waals surface area contributed by atoms with Gasteiger partial charge in [0.05, 0.1) is 10.6 Å². The van der Waals surface area contributed by atoms with E-state index in [-0.39, 0.29) is 0 Å². The second-order valence-electron chi connectivity index (χ2n) is 8.84. The summed E-state index contributed by atoms with van der Waals surface area (Å²) in [6, 6.07) is 25.1. The fourth-order valence-corrected chi connectivity index (χ4v) is 5.90. The third kappa shape index (κ3) is 4.89. The Hall–Kier alpha value is -2.63. The highest BCUT2D eigenvalue weighted by atomic mass is 32.2. The highest BCUT2D eigenvalue weighted by Crippen LogP contribution is 2.37. The van der Waals surface area contributed by atoms with Gasteiger partial charge in [0.15, 0.2) is 0 Å². The number of nitrogens with zero attached hydrogens (tertiary/aromatic N) is 1. The summed E-state index contributed by atoms with van der Waals surface area (Å²) in [5.41, 5.74) is 3.95. The van der Waals surface area contributed by atoms with E-state index in [0.29, 0.717) is 23.3 Å². The maximum atomic E-state index is 13.9. The van der Waals surface area contributed by atoms with Crippen LogP contribution in [0.15, 0.2) is 83.8 Å². The van der Waals surface area contributed by atoms with E-state index in [0.717, 1.165) is 42.7 Å². The third-order valence-corrected chi connectivity index (χ3v) is 8.05. The van der Waals surface area contributed by atoms with Crippen LogP contribution >= 0.6 is 0 Å². The first kappa shape index (κ1) is 22.6. The van der Waals surface area contributed by atoms with Crippen LogP contribution in [0.25, 0.3) is 11.1 Å². The van der Waals surface area contributed by atoms with Gasteiger partial charge in [0.25, 0.3) is 10.0 Å². The largest absolute Gasteiger partial charge is 0.317 e. The first-order chi connectivity index (χ1) is 15.5. The minimum absolute atomic E-state index is 0.322. The number of piperidine rings is 1. The quantitative estimate of drug-likeness (QED) is 0.506. The molecule has 0 unspecified atom stereocenters. The van der Waals surface area contributed by atoms with Gasteiger partial charge in [-0.15, -0.1) is 0 Å². The zero-order valence-corrected chi connectivity index (χ0v) is 19.7. The number of rotatable bonds is 7. The molecule has 3 aromatic carbocycles. The lowest BCUT2D eigenvalue weighted by molar-refractivity contribution is 0.382. The lowest BCUT2D eigenvalue weighted by Crippen LogP contribution is -2.39. The summed E-state index contributed by atoms with van der Waals surface area (Å²) in [4.78, 5) is 0.334. The van der Waals surface area contributed by atoms with Crippen LogP contribution in [-0.2, 0) is 10.0 Å². The second kappa shape index (κ2) is 9.88. The van der Waals surface area contributed by atoms with Gasteiger partial charge in [-0.05, 0) is 73.2 Å². The lowest BCUT2D eigenvalue weighted by atomic mass is 9.94. The van der Waals surface area contributed by atoms with Crippen molar-refractivity contribution in [1.82, 2.24) is 5.32 Å². The van der Waals surface area contributed by atoms with Crippen LogP contribution in [-0.4, -0.2) is 28.1 Å². The summed E-state index contributed by atoms with van der Waals surface area (Å²) in [7, 11) is -3.70. The van der Waals surface area contributed by atoms with Crippen molar-refractivity contribution in [3.05, 3.63) is 84.4 Å². The van der Waals surface area contributed by atoms with Gasteiger partial charge in [-0.1, -0.05) is 68.4 Å². The summed E-state index contributed by atoms with van der Waals surface area (Å²) in [5.74, 6) is 0.679. The number of sulfonamides is 1. The van der Waals surface area contributed by atoms with Gasteiger partial charge in [0, 0.05) is 12.1 Å². The summed E-state index contributed by atoms with van der Waals surface area (Å²) < 4.78 is 29.5. The standard InChI is InChI=1S/C27H32N2O2S/c1-21(2)24-13-14-27(26(19-24)23-9-5-3-6-10-23)29(20-22-15-17-28-18-16-22)32(30,31)25-11-7-4-8-12-25/h3-14,19,21-22,28H,15-18,20H2,1-2H3. The number of hydrogen-bond acceptors (Lipinski definition) is 3. The van der Waals surface area contributed by atoms with Crippen molar-refractivity contribution in [2.24, 2.45) is 5.92 Å². The van der Waals surface area contributed by atoms with Gasteiger partial charge in [0.1, 0.15) is 0 Å². The molecule has 4 nitrogen and oxygen atoms in total. The van der Waals surface area contributed by atoms with Gasteiger partial charge in [-0.2, -0.15) is 0 Å².